The first-order valence-corrected chi connectivity index (χ1v) is 13.6. The van der Waals surface area contributed by atoms with Crippen molar-refractivity contribution in [2.75, 3.05) is 16.7 Å². The molecule has 0 bridgehead atoms. The lowest BCUT2D eigenvalue weighted by Crippen LogP contribution is -2.26. The Balaban J connectivity index is 1.37. The molecule has 0 aliphatic rings. The van der Waals surface area contributed by atoms with Gasteiger partial charge in [-0.2, -0.15) is 0 Å². The molecule has 0 aromatic heterocycles. The summed E-state index contributed by atoms with van der Waals surface area (Å²) in [4.78, 5) is 14.0. The molecule has 4 rings (SSSR count). The molecule has 0 unspecified atom stereocenters. The average Bonchev–Trinajstić information content (AvgIpc) is 2.89. The summed E-state index contributed by atoms with van der Waals surface area (Å²) in [7, 11) is -2.28. The van der Waals surface area contributed by atoms with Gasteiger partial charge in [0.1, 0.15) is 0 Å². The molecule has 178 valence electrons. The maximum absolute atomic E-state index is 12.9. The predicted octanol–water partition coefficient (Wildman–Crippen LogP) is 6.71. The van der Waals surface area contributed by atoms with Crippen molar-refractivity contribution < 1.29 is 13.2 Å². The third-order valence-corrected chi connectivity index (χ3v) is 8.46. The van der Waals surface area contributed by atoms with Crippen LogP contribution in [0, 0.1) is 0 Å². The number of rotatable bonds is 8. The van der Waals surface area contributed by atoms with E-state index in [-0.39, 0.29) is 10.8 Å². The van der Waals surface area contributed by atoms with Crippen molar-refractivity contribution in [3.63, 3.8) is 0 Å². The normalized spacial score (nSPS) is 11.1. The molecule has 0 saturated carbocycles. The highest BCUT2D eigenvalue weighted by molar-refractivity contribution is 7.98. The summed E-state index contributed by atoms with van der Waals surface area (Å²) in [5.74, 6) is 0.567. The van der Waals surface area contributed by atoms with Gasteiger partial charge in [-0.25, -0.2) is 8.42 Å². The van der Waals surface area contributed by atoms with Crippen LogP contribution in [-0.2, 0) is 15.8 Å². The van der Waals surface area contributed by atoms with Gasteiger partial charge in [0, 0.05) is 34.0 Å². The highest BCUT2D eigenvalue weighted by Crippen LogP contribution is 2.25. The summed E-state index contributed by atoms with van der Waals surface area (Å²) in [6, 6.07) is 30.3. The third kappa shape index (κ3) is 6.25. The first-order valence-electron chi connectivity index (χ1n) is 10.8. The lowest BCUT2D eigenvalue weighted by molar-refractivity contribution is 0.102. The van der Waals surface area contributed by atoms with Crippen LogP contribution in [0.1, 0.15) is 15.9 Å². The topological polar surface area (TPSA) is 66.5 Å². The minimum atomic E-state index is -3.74. The van der Waals surface area contributed by atoms with E-state index >= 15 is 0 Å². The zero-order valence-electron chi connectivity index (χ0n) is 18.9. The van der Waals surface area contributed by atoms with Gasteiger partial charge in [0.15, 0.2) is 0 Å². The number of hydrogen-bond acceptors (Lipinski definition) is 4. The van der Waals surface area contributed by atoms with Gasteiger partial charge in [0.25, 0.3) is 15.9 Å². The number of anilines is 2. The molecule has 0 atom stereocenters. The lowest BCUT2D eigenvalue weighted by Gasteiger charge is -2.20. The molecule has 1 N–H and O–H groups in total. The van der Waals surface area contributed by atoms with Gasteiger partial charge in [0.05, 0.1) is 10.6 Å². The molecule has 1 amide bonds. The molecule has 0 spiro atoms. The molecule has 0 aliphatic carbocycles. The summed E-state index contributed by atoms with van der Waals surface area (Å²) >= 11 is 7.62. The fourth-order valence-corrected chi connectivity index (χ4v) is 5.49. The number of benzene rings is 4. The maximum atomic E-state index is 12.9. The van der Waals surface area contributed by atoms with Gasteiger partial charge in [-0.3, -0.25) is 9.10 Å². The maximum Gasteiger partial charge on any atom is 0.264 e. The van der Waals surface area contributed by atoms with Crippen molar-refractivity contribution in [3.8, 4) is 0 Å². The van der Waals surface area contributed by atoms with Gasteiger partial charge >= 0.3 is 0 Å². The van der Waals surface area contributed by atoms with Gasteiger partial charge in [0.2, 0.25) is 0 Å². The van der Waals surface area contributed by atoms with Crippen molar-refractivity contribution in [3.05, 3.63) is 119 Å². The van der Waals surface area contributed by atoms with E-state index in [9.17, 15) is 13.2 Å². The quantitative estimate of drug-likeness (QED) is 0.261. The molecule has 0 aliphatic heterocycles. The van der Waals surface area contributed by atoms with Crippen molar-refractivity contribution in [1.82, 2.24) is 0 Å². The second-order valence-corrected chi connectivity index (χ2v) is 11.2. The Morgan fingerprint density at radius 2 is 1.49 bits per heavy atom. The number of nitrogens with one attached hydrogen (secondary N) is 1. The fourth-order valence-electron chi connectivity index (χ4n) is 3.30. The Morgan fingerprint density at radius 1 is 0.857 bits per heavy atom. The summed E-state index contributed by atoms with van der Waals surface area (Å²) in [6.45, 7) is 0. The molecule has 0 fully saturated rings. The largest absolute Gasteiger partial charge is 0.322 e. The predicted molar refractivity (Wildman–Crippen MR) is 144 cm³/mol. The second-order valence-electron chi connectivity index (χ2n) is 7.73. The van der Waals surface area contributed by atoms with Crippen LogP contribution in [0.25, 0.3) is 0 Å². The summed E-state index contributed by atoms with van der Waals surface area (Å²) in [5, 5.41) is 3.34. The highest BCUT2D eigenvalue weighted by Gasteiger charge is 2.21. The molecule has 0 saturated heterocycles. The zero-order valence-corrected chi connectivity index (χ0v) is 21.3. The van der Waals surface area contributed by atoms with Crippen LogP contribution in [0.4, 0.5) is 11.4 Å². The van der Waals surface area contributed by atoms with E-state index in [1.54, 1.807) is 36.0 Å². The molecular formula is C27H23ClN2O3S2. The Hall–Kier alpha value is -3.26. The second kappa shape index (κ2) is 11.0. The molecule has 4 aromatic rings. The van der Waals surface area contributed by atoms with E-state index < -0.39 is 10.0 Å². The monoisotopic (exact) mass is 522 g/mol. The van der Waals surface area contributed by atoms with Gasteiger partial charge in [-0.1, -0.05) is 41.9 Å². The zero-order chi connectivity index (χ0) is 24.8. The van der Waals surface area contributed by atoms with Crippen LogP contribution in [0.2, 0.25) is 5.02 Å². The van der Waals surface area contributed by atoms with Crippen molar-refractivity contribution in [2.24, 2.45) is 0 Å². The number of amides is 1. The van der Waals surface area contributed by atoms with E-state index in [0.29, 0.717) is 22.0 Å². The molecule has 0 heterocycles. The Labute approximate surface area is 214 Å². The van der Waals surface area contributed by atoms with Crippen molar-refractivity contribution >= 4 is 50.7 Å². The van der Waals surface area contributed by atoms with E-state index in [2.05, 4.69) is 17.4 Å². The van der Waals surface area contributed by atoms with Crippen LogP contribution >= 0.6 is 23.4 Å². The number of hydrogen-bond donors (Lipinski definition) is 1. The van der Waals surface area contributed by atoms with Crippen LogP contribution in [0.5, 0.6) is 0 Å². The van der Waals surface area contributed by atoms with Crippen LogP contribution in [-0.4, -0.2) is 21.4 Å². The SMILES string of the molecule is CN(c1ccc(C(=O)Nc2ccc(CSc3ccccc3)cc2)cc1)S(=O)(=O)c1ccc(Cl)cc1. The van der Waals surface area contributed by atoms with Crippen molar-refractivity contribution in [2.45, 2.75) is 15.5 Å². The number of carbonyl (C=O) groups is 1. The molecule has 8 heteroatoms. The number of nitrogens with zero attached hydrogens (tertiary/aromatic N) is 1. The van der Waals surface area contributed by atoms with E-state index in [1.165, 1.54) is 40.5 Å². The number of sulfonamides is 1. The smallest absolute Gasteiger partial charge is 0.264 e. The molecular weight excluding hydrogens is 500 g/mol. The third-order valence-electron chi connectivity index (χ3n) is 5.33. The number of carbonyl (C=O) groups excluding carboxylic acids is 1. The Morgan fingerprint density at radius 3 is 2.11 bits per heavy atom. The van der Waals surface area contributed by atoms with Crippen LogP contribution in [0.3, 0.4) is 0 Å². The summed E-state index contributed by atoms with van der Waals surface area (Å²) < 4.78 is 26.9. The van der Waals surface area contributed by atoms with E-state index in [0.717, 1.165) is 11.3 Å². The first kappa shape index (κ1) is 24.9. The van der Waals surface area contributed by atoms with E-state index in [4.69, 9.17) is 11.6 Å². The van der Waals surface area contributed by atoms with Gasteiger partial charge in [-0.15, -0.1) is 11.8 Å². The highest BCUT2D eigenvalue weighted by atomic mass is 35.5. The van der Waals surface area contributed by atoms with Crippen LogP contribution < -0.4 is 9.62 Å². The summed E-state index contributed by atoms with van der Waals surface area (Å²) in [6.07, 6.45) is 0. The Bertz CT molecular complexity index is 1390. The fraction of sp³-hybridized carbons (Fsp3) is 0.0741. The average molecular weight is 523 g/mol. The minimum Gasteiger partial charge on any atom is -0.322 e. The van der Waals surface area contributed by atoms with E-state index in [1.807, 2.05) is 42.5 Å². The first-order chi connectivity index (χ1) is 16.8. The van der Waals surface area contributed by atoms with Crippen LogP contribution in [0.15, 0.2) is 113 Å². The Kier molecular flexibility index (Phi) is 7.80. The summed E-state index contributed by atoms with van der Waals surface area (Å²) in [5.41, 5.74) is 2.72. The van der Waals surface area contributed by atoms with Gasteiger partial charge in [-0.05, 0) is 78.4 Å². The lowest BCUT2D eigenvalue weighted by atomic mass is 10.1. The number of halogens is 1. The number of thioether (sulfide) groups is 1. The molecule has 4 aromatic carbocycles. The standard InChI is InChI=1S/C27H23ClN2O3S2/c1-30(35(32,33)26-17-11-22(28)12-18-26)24-15-9-21(10-16-24)27(31)29-23-13-7-20(8-14-23)19-34-25-5-3-2-4-6-25/h2-18H,19H2,1H3,(H,29,31). The van der Waals surface area contributed by atoms with Crippen molar-refractivity contribution in [1.29, 1.82) is 0 Å². The molecule has 0 radical (unpaired) electrons. The molecule has 35 heavy (non-hydrogen) atoms. The molecule has 5 nitrogen and oxygen atoms in total. The van der Waals surface area contributed by atoms with Gasteiger partial charge < -0.3 is 5.32 Å². The minimum absolute atomic E-state index is 0.136.